The van der Waals surface area contributed by atoms with Crippen molar-refractivity contribution in [1.29, 1.82) is 0 Å². The molecule has 0 aromatic heterocycles. The summed E-state index contributed by atoms with van der Waals surface area (Å²) in [5.41, 5.74) is 1.34. The Morgan fingerprint density at radius 3 is 2.55 bits per heavy atom. The molecule has 0 aliphatic carbocycles. The van der Waals surface area contributed by atoms with Gasteiger partial charge in [0.2, 0.25) is 0 Å². The van der Waals surface area contributed by atoms with Crippen molar-refractivity contribution in [2.45, 2.75) is 32.6 Å². The summed E-state index contributed by atoms with van der Waals surface area (Å²) < 4.78 is 5.03. The lowest BCUT2D eigenvalue weighted by Gasteiger charge is -2.31. The standard InChI is InChI=1S/C16H22ClNO2/c1-2-20-16(19)18-11-9-14(10-12-18)4-3-13-5-7-15(17)8-6-13/h5-8,14H,2-4,9-12H2,1H3. The van der Waals surface area contributed by atoms with E-state index in [2.05, 4.69) is 12.1 Å². The van der Waals surface area contributed by atoms with Gasteiger partial charge in [0, 0.05) is 18.1 Å². The van der Waals surface area contributed by atoms with Gasteiger partial charge in [-0.2, -0.15) is 0 Å². The molecule has 0 radical (unpaired) electrons. The predicted molar refractivity (Wildman–Crippen MR) is 81.1 cm³/mol. The molecule has 1 fully saturated rings. The monoisotopic (exact) mass is 295 g/mol. The number of piperidine rings is 1. The maximum Gasteiger partial charge on any atom is 0.409 e. The van der Waals surface area contributed by atoms with E-state index in [0.717, 1.165) is 37.4 Å². The van der Waals surface area contributed by atoms with Gasteiger partial charge < -0.3 is 9.64 Å². The molecule has 1 aliphatic heterocycles. The van der Waals surface area contributed by atoms with E-state index in [1.807, 2.05) is 24.0 Å². The van der Waals surface area contributed by atoms with Crippen LogP contribution in [0.1, 0.15) is 31.7 Å². The normalized spacial score (nSPS) is 16.2. The molecule has 0 N–H and O–H groups in total. The van der Waals surface area contributed by atoms with Crippen molar-refractivity contribution in [3.05, 3.63) is 34.9 Å². The molecule has 1 saturated heterocycles. The van der Waals surface area contributed by atoms with Gasteiger partial charge in [-0.05, 0) is 56.2 Å². The SMILES string of the molecule is CCOC(=O)N1CCC(CCc2ccc(Cl)cc2)CC1. The van der Waals surface area contributed by atoms with Crippen LogP contribution in [-0.2, 0) is 11.2 Å². The van der Waals surface area contributed by atoms with Crippen LogP contribution in [-0.4, -0.2) is 30.7 Å². The number of nitrogens with zero attached hydrogens (tertiary/aromatic N) is 1. The third-order valence-electron chi connectivity index (χ3n) is 3.90. The Morgan fingerprint density at radius 1 is 1.30 bits per heavy atom. The van der Waals surface area contributed by atoms with Gasteiger partial charge in [0.15, 0.2) is 0 Å². The van der Waals surface area contributed by atoms with Crippen LogP contribution in [0.15, 0.2) is 24.3 Å². The molecule has 110 valence electrons. The molecule has 20 heavy (non-hydrogen) atoms. The summed E-state index contributed by atoms with van der Waals surface area (Å²) in [6, 6.07) is 8.08. The molecule has 4 heteroatoms. The zero-order chi connectivity index (χ0) is 14.4. The highest BCUT2D eigenvalue weighted by atomic mass is 35.5. The Hall–Kier alpha value is -1.22. The summed E-state index contributed by atoms with van der Waals surface area (Å²) in [6.07, 6.45) is 4.25. The van der Waals surface area contributed by atoms with Crippen molar-refractivity contribution in [3.8, 4) is 0 Å². The second-order valence-electron chi connectivity index (χ2n) is 5.29. The number of aryl methyl sites for hydroxylation is 1. The Morgan fingerprint density at radius 2 is 1.95 bits per heavy atom. The van der Waals surface area contributed by atoms with Gasteiger partial charge in [-0.3, -0.25) is 0 Å². The number of amides is 1. The number of halogens is 1. The molecule has 3 nitrogen and oxygen atoms in total. The van der Waals surface area contributed by atoms with Crippen molar-refractivity contribution >= 4 is 17.7 Å². The molecule has 0 atom stereocenters. The maximum atomic E-state index is 11.6. The fourth-order valence-electron chi connectivity index (χ4n) is 2.64. The lowest BCUT2D eigenvalue weighted by Crippen LogP contribution is -2.38. The summed E-state index contributed by atoms with van der Waals surface area (Å²) in [5.74, 6) is 0.705. The van der Waals surface area contributed by atoms with Crippen LogP contribution in [0.4, 0.5) is 4.79 Å². The van der Waals surface area contributed by atoms with E-state index < -0.39 is 0 Å². The summed E-state index contributed by atoms with van der Waals surface area (Å²) in [5, 5.41) is 0.788. The molecular formula is C16H22ClNO2. The van der Waals surface area contributed by atoms with Crippen molar-refractivity contribution in [3.63, 3.8) is 0 Å². The molecule has 1 aromatic carbocycles. The summed E-state index contributed by atoms with van der Waals surface area (Å²) in [6.45, 7) is 3.94. The van der Waals surface area contributed by atoms with Crippen LogP contribution >= 0.6 is 11.6 Å². The molecule has 0 spiro atoms. The maximum absolute atomic E-state index is 11.6. The first kappa shape index (κ1) is 15.2. The van der Waals surface area contributed by atoms with E-state index >= 15 is 0 Å². The molecule has 1 heterocycles. The molecule has 0 bridgehead atoms. The van der Waals surface area contributed by atoms with Crippen LogP contribution in [0.25, 0.3) is 0 Å². The fourth-order valence-corrected chi connectivity index (χ4v) is 2.77. The second-order valence-corrected chi connectivity index (χ2v) is 5.73. The van der Waals surface area contributed by atoms with Gasteiger partial charge in [-0.1, -0.05) is 23.7 Å². The van der Waals surface area contributed by atoms with Crippen molar-refractivity contribution in [2.24, 2.45) is 5.92 Å². The minimum absolute atomic E-state index is 0.163. The van der Waals surface area contributed by atoms with Crippen molar-refractivity contribution in [1.82, 2.24) is 4.90 Å². The Kier molecular flexibility index (Phi) is 5.72. The summed E-state index contributed by atoms with van der Waals surface area (Å²) in [4.78, 5) is 13.4. The van der Waals surface area contributed by atoms with E-state index in [4.69, 9.17) is 16.3 Å². The predicted octanol–water partition coefficient (Wildman–Crippen LogP) is 4.14. The van der Waals surface area contributed by atoms with Crippen LogP contribution in [0, 0.1) is 5.92 Å². The molecule has 2 rings (SSSR count). The van der Waals surface area contributed by atoms with E-state index in [1.54, 1.807) is 0 Å². The Balaban J connectivity index is 1.72. The molecule has 1 amide bonds. The smallest absolute Gasteiger partial charge is 0.409 e. The topological polar surface area (TPSA) is 29.5 Å². The zero-order valence-electron chi connectivity index (χ0n) is 12.0. The molecular weight excluding hydrogens is 274 g/mol. The Labute approximate surface area is 125 Å². The van der Waals surface area contributed by atoms with Gasteiger partial charge >= 0.3 is 6.09 Å². The fraction of sp³-hybridized carbons (Fsp3) is 0.562. The van der Waals surface area contributed by atoms with Crippen LogP contribution < -0.4 is 0 Å². The second kappa shape index (κ2) is 7.53. The summed E-state index contributed by atoms with van der Waals surface area (Å²) in [7, 11) is 0. The van der Waals surface area contributed by atoms with E-state index in [-0.39, 0.29) is 6.09 Å². The van der Waals surface area contributed by atoms with Gasteiger partial charge in [0.25, 0.3) is 0 Å². The molecule has 1 aliphatic rings. The number of hydrogen-bond acceptors (Lipinski definition) is 2. The highest BCUT2D eigenvalue weighted by Crippen LogP contribution is 2.23. The van der Waals surface area contributed by atoms with Crippen molar-refractivity contribution in [2.75, 3.05) is 19.7 Å². The van der Waals surface area contributed by atoms with Gasteiger partial charge in [0.1, 0.15) is 0 Å². The lowest BCUT2D eigenvalue weighted by atomic mass is 9.91. The first-order valence-electron chi connectivity index (χ1n) is 7.35. The number of rotatable bonds is 4. The lowest BCUT2D eigenvalue weighted by molar-refractivity contribution is 0.0910. The zero-order valence-corrected chi connectivity index (χ0v) is 12.7. The highest BCUT2D eigenvalue weighted by Gasteiger charge is 2.23. The number of carbonyl (C=O) groups excluding carboxylic acids is 1. The summed E-state index contributed by atoms with van der Waals surface area (Å²) >= 11 is 5.88. The number of benzene rings is 1. The minimum atomic E-state index is -0.163. The Bertz CT molecular complexity index is 425. The largest absolute Gasteiger partial charge is 0.450 e. The first-order valence-corrected chi connectivity index (χ1v) is 7.73. The van der Waals surface area contributed by atoms with Crippen molar-refractivity contribution < 1.29 is 9.53 Å². The number of carbonyl (C=O) groups is 1. The minimum Gasteiger partial charge on any atom is -0.450 e. The van der Waals surface area contributed by atoms with E-state index in [0.29, 0.717) is 12.5 Å². The first-order chi connectivity index (χ1) is 9.69. The number of ether oxygens (including phenoxy) is 1. The third kappa shape index (κ3) is 4.41. The van der Waals surface area contributed by atoms with Crippen LogP contribution in [0.5, 0.6) is 0 Å². The van der Waals surface area contributed by atoms with Crippen LogP contribution in [0.2, 0.25) is 5.02 Å². The quantitative estimate of drug-likeness (QED) is 0.835. The van der Waals surface area contributed by atoms with Gasteiger partial charge in [-0.25, -0.2) is 4.79 Å². The number of hydrogen-bond donors (Lipinski definition) is 0. The number of likely N-dealkylation sites (tertiary alicyclic amines) is 1. The van der Waals surface area contributed by atoms with E-state index in [9.17, 15) is 4.79 Å². The van der Waals surface area contributed by atoms with Crippen LogP contribution in [0.3, 0.4) is 0 Å². The molecule has 0 saturated carbocycles. The van der Waals surface area contributed by atoms with E-state index in [1.165, 1.54) is 12.0 Å². The molecule has 1 aromatic rings. The average molecular weight is 296 g/mol. The average Bonchev–Trinajstić information content (AvgIpc) is 2.47. The highest BCUT2D eigenvalue weighted by molar-refractivity contribution is 6.30. The van der Waals surface area contributed by atoms with Gasteiger partial charge in [-0.15, -0.1) is 0 Å². The van der Waals surface area contributed by atoms with Gasteiger partial charge in [0.05, 0.1) is 6.61 Å². The molecule has 0 unspecified atom stereocenters. The third-order valence-corrected chi connectivity index (χ3v) is 4.15.